The van der Waals surface area contributed by atoms with Crippen LogP contribution in [0.25, 0.3) is 0 Å². The van der Waals surface area contributed by atoms with Gasteiger partial charge < -0.3 is 5.73 Å². The second kappa shape index (κ2) is 6.23. The van der Waals surface area contributed by atoms with Crippen molar-refractivity contribution in [2.45, 2.75) is 44.8 Å². The molecule has 1 unspecified atom stereocenters. The van der Waals surface area contributed by atoms with Crippen LogP contribution in [0.1, 0.15) is 49.8 Å². The van der Waals surface area contributed by atoms with Gasteiger partial charge in [-0.3, -0.25) is 11.3 Å². The molecular weight excluding hydrogens is 279 g/mol. The average molecular weight is 301 g/mol. The molecule has 0 spiro atoms. The van der Waals surface area contributed by atoms with Crippen molar-refractivity contribution in [2.24, 2.45) is 17.7 Å². The minimum Gasteiger partial charge on any atom is -0.398 e. The molecule has 0 aromatic heterocycles. The first-order valence-electron chi connectivity index (χ1n) is 7.25. The third-order valence-corrected chi connectivity index (χ3v) is 4.46. The SMILES string of the molecule is CC1CCC(C(NN)c2cc(C(F)(F)F)ccc2N)CC1. The molecule has 21 heavy (non-hydrogen) atoms. The molecule has 0 saturated heterocycles. The molecule has 1 aliphatic carbocycles. The Morgan fingerprint density at radius 1 is 1.19 bits per heavy atom. The van der Waals surface area contributed by atoms with Gasteiger partial charge in [0.15, 0.2) is 0 Å². The van der Waals surface area contributed by atoms with Crippen LogP contribution < -0.4 is 17.0 Å². The Morgan fingerprint density at radius 2 is 1.81 bits per heavy atom. The van der Waals surface area contributed by atoms with Gasteiger partial charge in [0, 0.05) is 5.69 Å². The number of halogens is 3. The number of alkyl halides is 3. The fourth-order valence-electron chi connectivity index (χ4n) is 3.12. The summed E-state index contributed by atoms with van der Waals surface area (Å²) in [6, 6.07) is 3.11. The summed E-state index contributed by atoms with van der Waals surface area (Å²) in [5, 5.41) is 0. The monoisotopic (exact) mass is 301 g/mol. The van der Waals surface area contributed by atoms with Crippen molar-refractivity contribution in [2.75, 3.05) is 5.73 Å². The van der Waals surface area contributed by atoms with E-state index >= 15 is 0 Å². The van der Waals surface area contributed by atoms with Gasteiger partial charge in [-0.25, -0.2) is 0 Å². The van der Waals surface area contributed by atoms with Crippen LogP contribution in [0, 0.1) is 11.8 Å². The highest BCUT2D eigenvalue weighted by atomic mass is 19.4. The third-order valence-electron chi connectivity index (χ3n) is 4.46. The summed E-state index contributed by atoms with van der Waals surface area (Å²) >= 11 is 0. The summed E-state index contributed by atoms with van der Waals surface area (Å²) in [6.07, 6.45) is -0.330. The van der Waals surface area contributed by atoms with Crippen molar-refractivity contribution < 1.29 is 13.2 Å². The molecule has 5 N–H and O–H groups in total. The summed E-state index contributed by atoms with van der Waals surface area (Å²) in [4.78, 5) is 0. The summed E-state index contributed by atoms with van der Waals surface area (Å²) in [5.41, 5.74) is 8.67. The molecule has 1 fully saturated rings. The number of hydrogen-bond acceptors (Lipinski definition) is 3. The van der Waals surface area contributed by atoms with Crippen LogP contribution >= 0.6 is 0 Å². The second-order valence-corrected chi connectivity index (χ2v) is 6.01. The quantitative estimate of drug-likeness (QED) is 0.454. The fraction of sp³-hybridized carbons (Fsp3) is 0.600. The molecule has 0 aliphatic heterocycles. The van der Waals surface area contributed by atoms with E-state index in [4.69, 9.17) is 11.6 Å². The van der Waals surface area contributed by atoms with Crippen LogP contribution in [0.15, 0.2) is 18.2 Å². The highest BCUT2D eigenvalue weighted by Crippen LogP contribution is 2.40. The lowest BCUT2D eigenvalue weighted by Crippen LogP contribution is -2.35. The van der Waals surface area contributed by atoms with E-state index in [-0.39, 0.29) is 12.0 Å². The lowest BCUT2D eigenvalue weighted by molar-refractivity contribution is -0.137. The van der Waals surface area contributed by atoms with E-state index in [2.05, 4.69) is 12.3 Å². The standard InChI is InChI=1S/C15H22F3N3/c1-9-2-4-10(5-3-9)14(21-20)12-8-11(15(16,17)18)6-7-13(12)19/h6-10,14,21H,2-5,19-20H2,1H3. The number of nitrogens with two attached hydrogens (primary N) is 2. The van der Waals surface area contributed by atoms with Gasteiger partial charge in [-0.05, 0) is 48.4 Å². The van der Waals surface area contributed by atoms with Crippen molar-refractivity contribution in [3.63, 3.8) is 0 Å². The first-order valence-corrected chi connectivity index (χ1v) is 7.25. The van der Waals surface area contributed by atoms with Crippen LogP contribution in [-0.4, -0.2) is 0 Å². The van der Waals surface area contributed by atoms with Gasteiger partial charge in [0.2, 0.25) is 0 Å². The van der Waals surface area contributed by atoms with Gasteiger partial charge in [-0.2, -0.15) is 13.2 Å². The number of nitrogens with one attached hydrogen (secondary N) is 1. The molecule has 1 aromatic rings. The van der Waals surface area contributed by atoms with E-state index in [9.17, 15) is 13.2 Å². The number of nitrogen functional groups attached to an aromatic ring is 1. The number of anilines is 1. The normalized spacial score (nSPS) is 24.8. The molecule has 3 nitrogen and oxygen atoms in total. The molecule has 2 rings (SSSR count). The molecule has 0 bridgehead atoms. The van der Waals surface area contributed by atoms with E-state index in [1.165, 1.54) is 6.07 Å². The van der Waals surface area contributed by atoms with E-state index in [0.717, 1.165) is 37.8 Å². The van der Waals surface area contributed by atoms with Gasteiger partial charge in [0.25, 0.3) is 0 Å². The molecule has 0 radical (unpaired) electrons. The number of hydrogen-bond donors (Lipinski definition) is 3. The smallest absolute Gasteiger partial charge is 0.398 e. The van der Waals surface area contributed by atoms with Gasteiger partial charge in [-0.1, -0.05) is 19.8 Å². The molecule has 0 heterocycles. The Kier molecular flexibility index (Phi) is 4.78. The highest BCUT2D eigenvalue weighted by Gasteiger charge is 2.33. The summed E-state index contributed by atoms with van der Waals surface area (Å²) in [7, 11) is 0. The predicted octanol–water partition coefficient (Wildman–Crippen LogP) is 3.62. The minimum absolute atomic E-state index is 0.219. The molecule has 1 aliphatic rings. The second-order valence-electron chi connectivity index (χ2n) is 6.01. The Bertz CT molecular complexity index is 480. The van der Waals surface area contributed by atoms with Gasteiger partial charge >= 0.3 is 6.18 Å². The summed E-state index contributed by atoms with van der Waals surface area (Å²) in [6.45, 7) is 2.19. The third kappa shape index (κ3) is 3.68. The zero-order chi connectivity index (χ0) is 15.6. The lowest BCUT2D eigenvalue weighted by Gasteiger charge is -2.33. The van der Waals surface area contributed by atoms with Crippen LogP contribution in [0.3, 0.4) is 0 Å². The molecule has 118 valence electrons. The van der Waals surface area contributed by atoms with Crippen molar-refractivity contribution in [3.8, 4) is 0 Å². The van der Waals surface area contributed by atoms with E-state index in [1.807, 2.05) is 0 Å². The Balaban J connectivity index is 2.29. The van der Waals surface area contributed by atoms with Crippen LogP contribution in [0.4, 0.5) is 18.9 Å². The van der Waals surface area contributed by atoms with Gasteiger partial charge in [0.1, 0.15) is 0 Å². The van der Waals surface area contributed by atoms with Crippen molar-refractivity contribution in [3.05, 3.63) is 29.3 Å². The largest absolute Gasteiger partial charge is 0.416 e. The molecule has 1 saturated carbocycles. The topological polar surface area (TPSA) is 64.1 Å². The predicted molar refractivity (Wildman–Crippen MR) is 77.0 cm³/mol. The maximum atomic E-state index is 12.9. The molecular formula is C15H22F3N3. The van der Waals surface area contributed by atoms with E-state index < -0.39 is 11.7 Å². The zero-order valence-electron chi connectivity index (χ0n) is 12.1. The summed E-state index contributed by atoms with van der Waals surface area (Å²) < 4.78 is 38.6. The summed E-state index contributed by atoms with van der Waals surface area (Å²) in [5.74, 6) is 6.50. The van der Waals surface area contributed by atoms with E-state index in [0.29, 0.717) is 17.2 Å². The highest BCUT2D eigenvalue weighted by molar-refractivity contribution is 5.51. The number of benzene rings is 1. The van der Waals surface area contributed by atoms with Crippen molar-refractivity contribution >= 4 is 5.69 Å². The molecule has 0 amide bonds. The average Bonchev–Trinajstić information content (AvgIpc) is 2.42. The van der Waals surface area contributed by atoms with Crippen molar-refractivity contribution in [1.29, 1.82) is 0 Å². The van der Waals surface area contributed by atoms with Gasteiger partial charge in [0.05, 0.1) is 11.6 Å². The fourth-order valence-corrected chi connectivity index (χ4v) is 3.12. The number of hydrazine groups is 1. The maximum absolute atomic E-state index is 12.9. The minimum atomic E-state index is -4.37. The first-order chi connectivity index (χ1) is 9.82. The van der Waals surface area contributed by atoms with Gasteiger partial charge in [-0.15, -0.1) is 0 Å². The molecule has 6 heteroatoms. The van der Waals surface area contributed by atoms with E-state index in [1.54, 1.807) is 0 Å². The first kappa shape index (κ1) is 16.1. The Hall–Kier alpha value is -1.27. The molecule has 1 aromatic carbocycles. The zero-order valence-corrected chi connectivity index (χ0v) is 12.1. The molecule has 1 atom stereocenters. The van der Waals surface area contributed by atoms with Crippen molar-refractivity contribution in [1.82, 2.24) is 5.43 Å². The Labute approximate surface area is 122 Å². The number of rotatable bonds is 3. The van der Waals surface area contributed by atoms with Crippen LogP contribution in [0.5, 0.6) is 0 Å². The lowest BCUT2D eigenvalue weighted by atomic mass is 9.77. The van der Waals surface area contributed by atoms with Crippen LogP contribution in [0.2, 0.25) is 0 Å². The van der Waals surface area contributed by atoms with Crippen LogP contribution in [-0.2, 0) is 6.18 Å². The Morgan fingerprint density at radius 3 is 2.33 bits per heavy atom. The maximum Gasteiger partial charge on any atom is 0.416 e.